The second-order valence-corrected chi connectivity index (χ2v) is 5.79. The molecule has 0 bridgehead atoms. The lowest BCUT2D eigenvalue weighted by molar-refractivity contribution is -0.139. The molecule has 2 rings (SSSR count). The summed E-state index contributed by atoms with van der Waals surface area (Å²) in [5, 5.41) is 14.9. The third-order valence-corrected chi connectivity index (χ3v) is 3.87. The predicted octanol–water partition coefficient (Wildman–Crippen LogP) is 1.74. The minimum atomic E-state index is -0.965. The molecule has 0 aliphatic heterocycles. The van der Waals surface area contributed by atoms with Gasteiger partial charge >= 0.3 is 11.8 Å². The quantitative estimate of drug-likeness (QED) is 0.550. The van der Waals surface area contributed by atoms with Crippen molar-refractivity contribution in [3.8, 4) is 0 Å². The van der Waals surface area contributed by atoms with Gasteiger partial charge in [-0.2, -0.15) is 0 Å². The molecule has 6 heteroatoms. The molecule has 0 unspecified atom stereocenters. The summed E-state index contributed by atoms with van der Waals surface area (Å²) in [5.74, 6) is -0.373. The van der Waals surface area contributed by atoms with Crippen LogP contribution < -0.4 is 10.6 Å². The summed E-state index contributed by atoms with van der Waals surface area (Å²) >= 11 is 0. The van der Waals surface area contributed by atoms with Crippen molar-refractivity contribution in [3.05, 3.63) is 35.3 Å². The molecule has 0 radical (unpaired) electrons. The molecule has 0 fully saturated rings. The highest BCUT2D eigenvalue weighted by molar-refractivity contribution is 6.35. The monoisotopic (exact) mass is 320 g/mol. The van der Waals surface area contributed by atoms with Crippen LogP contribution in [0.15, 0.2) is 28.2 Å². The fourth-order valence-electron chi connectivity index (χ4n) is 2.55. The first-order valence-corrected chi connectivity index (χ1v) is 8.04. The van der Waals surface area contributed by atoms with Gasteiger partial charge in [-0.1, -0.05) is 11.6 Å². The summed E-state index contributed by atoms with van der Waals surface area (Å²) in [6.07, 6.45) is 6.66. The molecule has 0 spiro atoms. The van der Waals surface area contributed by atoms with Crippen LogP contribution in [0.5, 0.6) is 0 Å². The number of carbonyl (C=O) groups excluding carboxylic acids is 2. The Morgan fingerprint density at radius 3 is 2.70 bits per heavy atom. The number of hydrogen-bond acceptors (Lipinski definition) is 4. The summed E-state index contributed by atoms with van der Waals surface area (Å²) in [6, 6.07) is 3.37. The van der Waals surface area contributed by atoms with Crippen molar-refractivity contribution in [2.24, 2.45) is 0 Å². The lowest BCUT2D eigenvalue weighted by Crippen LogP contribution is -2.41. The Kier molecular flexibility index (Phi) is 6.40. The van der Waals surface area contributed by atoms with Crippen molar-refractivity contribution in [1.29, 1.82) is 0 Å². The lowest BCUT2D eigenvalue weighted by Gasteiger charge is -2.13. The second kappa shape index (κ2) is 8.53. The zero-order chi connectivity index (χ0) is 16.7. The molecule has 1 aliphatic carbocycles. The van der Waals surface area contributed by atoms with Crippen LogP contribution in [0.2, 0.25) is 0 Å². The summed E-state index contributed by atoms with van der Waals surface area (Å²) < 4.78 is 5.26. The zero-order valence-electron chi connectivity index (χ0n) is 13.4. The van der Waals surface area contributed by atoms with Gasteiger partial charge in [0.05, 0.1) is 6.54 Å². The minimum Gasteiger partial charge on any atom is -0.464 e. The Hall–Kier alpha value is -2.08. The second-order valence-electron chi connectivity index (χ2n) is 5.79. The van der Waals surface area contributed by atoms with Gasteiger partial charge in [0.1, 0.15) is 17.6 Å². The van der Waals surface area contributed by atoms with Gasteiger partial charge < -0.3 is 20.2 Å². The molecular weight excluding hydrogens is 296 g/mol. The van der Waals surface area contributed by atoms with Gasteiger partial charge in [0.2, 0.25) is 0 Å². The number of carbonyl (C=O) groups is 2. The average molecular weight is 320 g/mol. The number of allylic oxidation sites excluding steroid dienone is 1. The third kappa shape index (κ3) is 5.56. The van der Waals surface area contributed by atoms with Crippen LogP contribution in [0.3, 0.4) is 0 Å². The van der Waals surface area contributed by atoms with E-state index < -0.39 is 17.9 Å². The van der Waals surface area contributed by atoms with Crippen LogP contribution in [0.1, 0.15) is 49.7 Å². The first-order valence-electron chi connectivity index (χ1n) is 8.04. The molecule has 1 heterocycles. The largest absolute Gasteiger partial charge is 0.464 e. The van der Waals surface area contributed by atoms with E-state index in [9.17, 15) is 14.7 Å². The molecule has 1 atom stereocenters. The van der Waals surface area contributed by atoms with Gasteiger partial charge in [-0.3, -0.25) is 9.59 Å². The van der Waals surface area contributed by atoms with Crippen molar-refractivity contribution < 1.29 is 19.1 Å². The van der Waals surface area contributed by atoms with Gasteiger partial charge in [-0.15, -0.1) is 0 Å². The van der Waals surface area contributed by atoms with E-state index in [2.05, 4.69) is 16.7 Å². The maximum atomic E-state index is 11.7. The molecule has 3 N–H and O–H groups in total. The Labute approximate surface area is 135 Å². The van der Waals surface area contributed by atoms with E-state index in [0.29, 0.717) is 18.1 Å². The van der Waals surface area contributed by atoms with Crippen molar-refractivity contribution >= 4 is 11.8 Å². The van der Waals surface area contributed by atoms with E-state index in [1.165, 1.54) is 18.4 Å². The van der Waals surface area contributed by atoms with E-state index in [0.717, 1.165) is 19.3 Å². The van der Waals surface area contributed by atoms with Gasteiger partial charge in [-0.05, 0) is 51.2 Å². The third-order valence-electron chi connectivity index (χ3n) is 3.87. The fourth-order valence-corrected chi connectivity index (χ4v) is 2.55. The average Bonchev–Trinajstić information content (AvgIpc) is 2.99. The topological polar surface area (TPSA) is 91.6 Å². The molecule has 1 aliphatic rings. The summed E-state index contributed by atoms with van der Waals surface area (Å²) in [4.78, 5) is 23.4. The number of hydrogen-bond donors (Lipinski definition) is 3. The summed E-state index contributed by atoms with van der Waals surface area (Å²) in [7, 11) is 0. The molecule has 0 saturated carbocycles. The van der Waals surface area contributed by atoms with Crippen molar-refractivity contribution in [2.45, 2.75) is 45.1 Å². The molecule has 0 saturated heterocycles. The van der Waals surface area contributed by atoms with Gasteiger partial charge in [0.15, 0.2) is 0 Å². The van der Waals surface area contributed by atoms with Crippen LogP contribution >= 0.6 is 0 Å². The maximum absolute atomic E-state index is 11.7. The van der Waals surface area contributed by atoms with E-state index in [-0.39, 0.29) is 6.54 Å². The highest BCUT2D eigenvalue weighted by atomic mass is 16.4. The molecule has 0 aromatic carbocycles. The van der Waals surface area contributed by atoms with Crippen molar-refractivity contribution in [3.63, 3.8) is 0 Å². The summed E-state index contributed by atoms with van der Waals surface area (Å²) in [5.41, 5.74) is 1.35. The SMILES string of the molecule is Cc1ccc([C@H](O)CNC(=O)C(=O)NCCC2=CCCCC2)o1. The molecule has 23 heavy (non-hydrogen) atoms. The first-order chi connectivity index (χ1) is 11.1. The number of rotatable bonds is 6. The molecule has 1 aromatic rings. The number of aliphatic hydroxyl groups is 1. The van der Waals surface area contributed by atoms with E-state index in [4.69, 9.17) is 4.42 Å². The number of aryl methyl sites for hydroxylation is 1. The van der Waals surface area contributed by atoms with Crippen LogP contribution in [-0.4, -0.2) is 30.0 Å². The van der Waals surface area contributed by atoms with Crippen LogP contribution in [0.25, 0.3) is 0 Å². The van der Waals surface area contributed by atoms with Crippen molar-refractivity contribution in [2.75, 3.05) is 13.1 Å². The van der Waals surface area contributed by atoms with E-state index in [1.54, 1.807) is 19.1 Å². The number of aliphatic hydroxyl groups excluding tert-OH is 1. The smallest absolute Gasteiger partial charge is 0.309 e. The Balaban J connectivity index is 1.66. The number of furan rings is 1. The van der Waals surface area contributed by atoms with Crippen LogP contribution in [0.4, 0.5) is 0 Å². The highest BCUT2D eigenvalue weighted by Crippen LogP contribution is 2.19. The van der Waals surface area contributed by atoms with E-state index >= 15 is 0 Å². The maximum Gasteiger partial charge on any atom is 0.309 e. The predicted molar refractivity (Wildman–Crippen MR) is 85.6 cm³/mol. The van der Waals surface area contributed by atoms with Gasteiger partial charge in [0.25, 0.3) is 0 Å². The Morgan fingerprint density at radius 1 is 1.26 bits per heavy atom. The minimum absolute atomic E-state index is 0.0651. The first kappa shape index (κ1) is 17.3. The standard InChI is InChI=1S/C17H24N2O4/c1-12-7-8-15(23-12)14(20)11-19-17(22)16(21)18-10-9-13-5-3-2-4-6-13/h5,7-8,14,20H,2-4,6,9-11H2,1H3,(H,18,21)(H,19,22)/t14-/m1/s1. The Bertz CT molecular complexity index is 577. The molecule has 6 nitrogen and oxygen atoms in total. The van der Waals surface area contributed by atoms with Gasteiger partial charge in [-0.25, -0.2) is 0 Å². The van der Waals surface area contributed by atoms with Crippen LogP contribution in [-0.2, 0) is 9.59 Å². The molecule has 1 aromatic heterocycles. The fraction of sp³-hybridized carbons (Fsp3) is 0.529. The number of amides is 2. The molecule has 2 amide bonds. The normalized spacial score (nSPS) is 15.7. The molecule has 126 valence electrons. The highest BCUT2D eigenvalue weighted by Gasteiger charge is 2.17. The zero-order valence-corrected chi connectivity index (χ0v) is 13.4. The Morgan fingerprint density at radius 2 is 2.04 bits per heavy atom. The summed E-state index contributed by atoms with van der Waals surface area (Å²) in [6.45, 7) is 2.16. The van der Waals surface area contributed by atoms with Crippen LogP contribution in [0, 0.1) is 6.92 Å². The van der Waals surface area contributed by atoms with Crippen molar-refractivity contribution in [1.82, 2.24) is 10.6 Å². The number of nitrogens with one attached hydrogen (secondary N) is 2. The lowest BCUT2D eigenvalue weighted by atomic mass is 9.97. The molecular formula is C17H24N2O4. The van der Waals surface area contributed by atoms with Gasteiger partial charge in [0, 0.05) is 6.54 Å². The van der Waals surface area contributed by atoms with E-state index in [1.807, 2.05) is 0 Å².